The molecular formula is C33H38N2O5. The number of anilines is 1. The molecule has 1 saturated heterocycles. The summed E-state index contributed by atoms with van der Waals surface area (Å²) in [6.45, 7) is 8.80. The normalized spacial score (nSPS) is 16.8. The Morgan fingerprint density at radius 3 is 2.30 bits per heavy atom. The van der Waals surface area contributed by atoms with Crippen molar-refractivity contribution in [2.45, 2.75) is 45.7 Å². The van der Waals surface area contributed by atoms with Crippen LogP contribution in [-0.2, 0) is 21.5 Å². The van der Waals surface area contributed by atoms with Crippen molar-refractivity contribution in [1.82, 2.24) is 4.90 Å². The number of ketones is 1. The Bertz CT molecular complexity index is 1430. The maximum absolute atomic E-state index is 13.6. The highest BCUT2D eigenvalue weighted by Gasteiger charge is 2.46. The van der Waals surface area contributed by atoms with E-state index in [2.05, 4.69) is 20.8 Å². The molecule has 1 N–H and O–H groups in total. The molecule has 0 aliphatic carbocycles. The standard InChI is InChI=1S/C33H38N2O5/c1-8-40-25-11-9-10-21(18-25)20-35-29(22-12-15-24(16-13-22)34(5)6)28(31(37)32(35)38)30(36)26-19-23(33(2,3)4)14-17-27(26)39-7/h9-19,29,36H,8,20H2,1-7H3/b30-28+. The first-order valence-corrected chi connectivity index (χ1v) is 13.4. The number of carbonyl (C=O) groups excluding carboxylic acids is 2. The van der Waals surface area contributed by atoms with Crippen LogP contribution in [-0.4, -0.2) is 49.5 Å². The van der Waals surface area contributed by atoms with Crippen molar-refractivity contribution >= 4 is 23.1 Å². The lowest BCUT2D eigenvalue weighted by atomic mass is 9.85. The summed E-state index contributed by atoms with van der Waals surface area (Å²) in [5.74, 6) is -0.553. The Morgan fingerprint density at radius 1 is 1.00 bits per heavy atom. The van der Waals surface area contributed by atoms with Gasteiger partial charge in [-0.15, -0.1) is 0 Å². The lowest BCUT2D eigenvalue weighted by molar-refractivity contribution is -0.140. The maximum atomic E-state index is 13.6. The zero-order valence-corrected chi connectivity index (χ0v) is 24.3. The molecule has 1 atom stereocenters. The zero-order chi connectivity index (χ0) is 29.2. The number of hydrogen-bond donors (Lipinski definition) is 1. The molecule has 1 unspecified atom stereocenters. The molecule has 40 heavy (non-hydrogen) atoms. The fourth-order valence-corrected chi connectivity index (χ4v) is 4.95. The average molecular weight is 543 g/mol. The number of rotatable bonds is 8. The molecule has 210 valence electrons. The fourth-order valence-electron chi connectivity index (χ4n) is 4.95. The molecule has 1 aliphatic heterocycles. The monoisotopic (exact) mass is 542 g/mol. The van der Waals surface area contributed by atoms with E-state index in [0.717, 1.165) is 22.4 Å². The first kappa shape index (κ1) is 28.7. The van der Waals surface area contributed by atoms with E-state index in [1.165, 1.54) is 12.0 Å². The highest BCUT2D eigenvalue weighted by atomic mass is 16.5. The van der Waals surface area contributed by atoms with Crippen LogP contribution in [0.3, 0.4) is 0 Å². The summed E-state index contributed by atoms with van der Waals surface area (Å²) in [5, 5.41) is 11.8. The molecule has 7 nitrogen and oxygen atoms in total. The Morgan fingerprint density at radius 2 is 1.70 bits per heavy atom. The van der Waals surface area contributed by atoms with Crippen molar-refractivity contribution in [3.05, 3.63) is 94.6 Å². The molecule has 1 amide bonds. The van der Waals surface area contributed by atoms with Gasteiger partial charge in [-0.3, -0.25) is 9.59 Å². The number of likely N-dealkylation sites (tertiary alicyclic amines) is 1. The van der Waals surface area contributed by atoms with E-state index in [1.807, 2.05) is 86.6 Å². The van der Waals surface area contributed by atoms with Crippen LogP contribution in [0.1, 0.15) is 56.0 Å². The summed E-state index contributed by atoms with van der Waals surface area (Å²) in [6.07, 6.45) is 0. The Balaban J connectivity index is 1.90. The van der Waals surface area contributed by atoms with E-state index in [9.17, 15) is 14.7 Å². The van der Waals surface area contributed by atoms with Gasteiger partial charge in [0.25, 0.3) is 11.7 Å². The molecule has 0 bridgehead atoms. The number of benzene rings is 3. The van der Waals surface area contributed by atoms with Gasteiger partial charge < -0.3 is 24.4 Å². The van der Waals surface area contributed by atoms with Gasteiger partial charge in [0, 0.05) is 26.3 Å². The second kappa shape index (κ2) is 11.5. The van der Waals surface area contributed by atoms with E-state index in [4.69, 9.17) is 9.47 Å². The molecule has 7 heteroatoms. The van der Waals surface area contributed by atoms with Crippen LogP contribution in [0.5, 0.6) is 11.5 Å². The quantitative estimate of drug-likeness (QED) is 0.211. The number of nitrogens with zero attached hydrogens (tertiary/aromatic N) is 2. The summed E-state index contributed by atoms with van der Waals surface area (Å²) in [4.78, 5) is 30.7. The second-order valence-electron chi connectivity index (χ2n) is 11.2. The van der Waals surface area contributed by atoms with Gasteiger partial charge in [0.05, 0.1) is 30.9 Å². The molecule has 0 saturated carbocycles. The molecule has 3 aromatic rings. The zero-order valence-electron chi connectivity index (χ0n) is 24.3. The number of methoxy groups -OCH3 is 1. The van der Waals surface area contributed by atoms with E-state index in [-0.39, 0.29) is 23.3 Å². The number of amides is 1. The molecular weight excluding hydrogens is 504 g/mol. The number of Topliss-reactive ketones (excluding diaryl/α,β-unsaturated/α-hetero) is 1. The minimum atomic E-state index is -0.796. The molecule has 3 aromatic carbocycles. The van der Waals surface area contributed by atoms with E-state index in [1.54, 1.807) is 6.07 Å². The highest BCUT2D eigenvalue weighted by Crippen LogP contribution is 2.43. The van der Waals surface area contributed by atoms with Gasteiger partial charge in [-0.25, -0.2) is 0 Å². The summed E-state index contributed by atoms with van der Waals surface area (Å²) in [7, 11) is 5.41. The molecule has 0 spiro atoms. The first-order chi connectivity index (χ1) is 19.0. The smallest absolute Gasteiger partial charge is 0.295 e. The third kappa shape index (κ3) is 5.69. The maximum Gasteiger partial charge on any atom is 0.295 e. The Hall–Kier alpha value is -4.26. The Kier molecular flexibility index (Phi) is 8.24. The summed E-state index contributed by atoms with van der Waals surface area (Å²) >= 11 is 0. The largest absolute Gasteiger partial charge is 0.507 e. The van der Waals surface area contributed by atoms with Crippen molar-refractivity contribution in [2.24, 2.45) is 0 Å². The van der Waals surface area contributed by atoms with Crippen LogP contribution in [0, 0.1) is 0 Å². The van der Waals surface area contributed by atoms with Crippen LogP contribution < -0.4 is 14.4 Å². The van der Waals surface area contributed by atoms with Gasteiger partial charge in [-0.05, 0) is 65.4 Å². The fraction of sp³-hybridized carbons (Fsp3) is 0.333. The SMILES string of the molecule is CCOc1cccc(CN2C(=O)C(=O)/C(=C(/O)c3cc(C(C)(C)C)ccc3OC)C2c2ccc(N(C)C)cc2)c1. The molecule has 1 fully saturated rings. The van der Waals surface area contributed by atoms with Crippen LogP contribution >= 0.6 is 0 Å². The number of hydrogen-bond acceptors (Lipinski definition) is 6. The van der Waals surface area contributed by atoms with Crippen molar-refractivity contribution in [3.8, 4) is 11.5 Å². The topological polar surface area (TPSA) is 79.3 Å². The number of aliphatic hydroxyl groups is 1. The first-order valence-electron chi connectivity index (χ1n) is 13.4. The Labute approximate surface area is 236 Å². The summed E-state index contributed by atoms with van der Waals surface area (Å²) < 4.78 is 11.2. The van der Waals surface area contributed by atoms with Crippen LogP contribution in [0.4, 0.5) is 5.69 Å². The van der Waals surface area contributed by atoms with E-state index < -0.39 is 17.7 Å². The molecule has 0 radical (unpaired) electrons. The molecule has 1 heterocycles. The van der Waals surface area contributed by atoms with E-state index in [0.29, 0.717) is 23.7 Å². The lowest BCUT2D eigenvalue weighted by Gasteiger charge is -2.26. The number of aliphatic hydroxyl groups excluding tert-OH is 1. The average Bonchev–Trinajstić information content (AvgIpc) is 3.17. The van der Waals surface area contributed by atoms with E-state index >= 15 is 0 Å². The van der Waals surface area contributed by atoms with Crippen molar-refractivity contribution in [1.29, 1.82) is 0 Å². The third-order valence-electron chi connectivity index (χ3n) is 7.15. The van der Waals surface area contributed by atoms with Gasteiger partial charge >= 0.3 is 0 Å². The molecule has 0 aromatic heterocycles. The van der Waals surface area contributed by atoms with Crippen LogP contribution in [0.25, 0.3) is 5.76 Å². The number of ether oxygens (including phenoxy) is 2. The van der Waals surface area contributed by atoms with Gasteiger partial charge in [-0.1, -0.05) is 51.1 Å². The van der Waals surface area contributed by atoms with Gasteiger partial charge in [-0.2, -0.15) is 0 Å². The minimum absolute atomic E-state index is 0.0351. The van der Waals surface area contributed by atoms with Crippen molar-refractivity contribution in [3.63, 3.8) is 0 Å². The molecule has 1 aliphatic rings. The van der Waals surface area contributed by atoms with Crippen molar-refractivity contribution in [2.75, 3.05) is 32.7 Å². The predicted octanol–water partition coefficient (Wildman–Crippen LogP) is 6.08. The van der Waals surface area contributed by atoms with Gasteiger partial charge in [0.1, 0.15) is 17.3 Å². The van der Waals surface area contributed by atoms with Gasteiger partial charge in [0.2, 0.25) is 0 Å². The lowest BCUT2D eigenvalue weighted by Crippen LogP contribution is -2.29. The highest BCUT2D eigenvalue weighted by molar-refractivity contribution is 6.46. The summed E-state index contributed by atoms with van der Waals surface area (Å²) in [5.41, 5.74) is 3.68. The minimum Gasteiger partial charge on any atom is -0.507 e. The number of carbonyl (C=O) groups is 2. The van der Waals surface area contributed by atoms with Gasteiger partial charge in [0.15, 0.2) is 0 Å². The summed E-state index contributed by atoms with van der Waals surface area (Å²) in [6, 6.07) is 19.9. The predicted molar refractivity (Wildman–Crippen MR) is 158 cm³/mol. The van der Waals surface area contributed by atoms with Crippen LogP contribution in [0.2, 0.25) is 0 Å². The third-order valence-corrected chi connectivity index (χ3v) is 7.15. The second-order valence-corrected chi connectivity index (χ2v) is 11.2. The molecule has 4 rings (SSSR count). The van der Waals surface area contributed by atoms with Crippen LogP contribution in [0.15, 0.2) is 72.3 Å². The van der Waals surface area contributed by atoms with Crippen molar-refractivity contribution < 1.29 is 24.2 Å².